The van der Waals surface area contributed by atoms with Crippen LogP contribution in [0.4, 0.5) is 5.69 Å². The molecule has 2 heterocycles. The van der Waals surface area contributed by atoms with Gasteiger partial charge in [-0.05, 0) is 47.8 Å². The van der Waals surface area contributed by atoms with E-state index in [1.165, 1.54) is 35.6 Å². The van der Waals surface area contributed by atoms with Gasteiger partial charge < -0.3 is 15.8 Å². The SMILES string of the molecule is NC(=O)c1ccc(NC(=O)COC(=O)c2nc(-c3cccs3)n(-c3ccccc3)n2)cc1. The molecular formula is C22H17N5O4S. The molecule has 0 saturated heterocycles. The normalized spacial score (nSPS) is 10.5. The predicted octanol–water partition coefficient (Wildman–Crippen LogP) is 2.89. The number of benzene rings is 2. The Morgan fingerprint density at radius 3 is 2.41 bits per heavy atom. The summed E-state index contributed by atoms with van der Waals surface area (Å²) in [5.74, 6) is -1.60. The number of carbonyl (C=O) groups excluding carboxylic acids is 3. The van der Waals surface area contributed by atoms with E-state index < -0.39 is 24.4 Å². The molecule has 2 aromatic heterocycles. The monoisotopic (exact) mass is 447 g/mol. The molecule has 3 N–H and O–H groups in total. The van der Waals surface area contributed by atoms with Crippen molar-refractivity contribution in [2.45, 2.75) is 0 Å². The molecule has 0 aliphatic carbocycles. The van der Waals surface area contributed by atoms with Crippen molar-refractivity contribution in [3.8, 4) is 16.4 Å². The summed E-state index contributed by atoms with van der Waals surface area (Å²) < 4.78 is 6.64. The fourth-order valence-corrected chi connectivity index (χ4v) is 3.52. The number of primary amides is 1. The Morgan fingerprint density at radius 2 is 1.75 bits per heavy atom. The molecular weight excluding hydrogens is 430 g/mol. The fourth-order valence-electron chi connectivity index (χ4n) is 2.82. The zero-order valence-electron chi connectivity index (χ0n) is 16.6. The van der Waals surface area contributed by atoms with E-state index in [2.05, 4.69) is 15.4 Å². The maximum Gasteiger partial charge on any atom is 0.378 e. The average Bonchev–Trinajstić information content (AvgIpc) is 3.48. The molecule has 0 saturated carbocycles. The van der Waals surface area contributed by atoms with Gasteiger partial charge in [0.05, 0.1) is 10.6 Å². The highest BCUT2D eigenvalue weighted by Gasteiger charge is 2.21. The summed E-state index contributed by atoms with van der Waals surface area (Å²) in [4.78, 5) is 40.9. The number of para-hydroxylation sites is 1. The molecule has 0 radical (unpaired) electrons. The van der Waals surface area contributed by atoms with Crippen LogP contribution in [0.1, 0.15) is 21.0 Å². The van der Waals surface area contributed by atoms with Crippen LogP contribution < -0.4 is 11.1 Å². The number of hydrogen-bond donors (Lipinski definition) is 2. The molecule has 160 valence electrons. The van der Waals surface area contributed by atoms with Gasteiger partial charge in [0.15, 0.2) is 12.4 Å². The van der Waals surface area contributed by atoms with Crippen molar-refractivity contribution < 1.29 is 19.1 Å². The largest absolute Gasteiger partial charge is 0.450 e. The first kappa shape index (κ1) is 20.9. The maximum absolute atomic E-state index is 12.5. The van der Waals surface area contributed by atoms with Crippen LogP contribution in [-0.2, 0) is 9.53 Å². The molecule has 9 nitrogen and oxygen atoms in total. The van der Waals surface area contributed by atoms with Gasteiger partial charge in [-0.2, -0.15) is 4.98 Å². The Kier molecular flexibility index (Phi) is 6.04. The molecule has 4 rings (SSSR count). The number of anilines is 1. The first-order valence-electron chi connectivity index (χ1n) is 9.44. The van der Waals surface area contributed by atoms with Crippen LogP contribution in [0.25, 0.3) is 16.4 Å². The highest BCUT2D eigenvalue weighted by atomic mass is 32.1. The third kappa shape index (κ3) is 4.71. The predicted molar refractivity (Wildman–Crippen MR) is 119 cm³/mol. The minimum Gasteiger partial charge on any atom is -0.450 e. The zero-order chi connectivity index (χ0) is 22.5. The summed E-state index contributed by atoms with van der Waals surface area (Å²) in [6, 6.07) is 19.0. The van der Waals surface area contributed by atoms with Gasteiger partial charge in [0.1, 0.15) is 0 Å². The smallest absolute Gasteiger partial charge is 0.378 e. The third-order valence-corrected chi connectivity index (χ3v) is 5.19. The van der Waals surface area contributed by atoms with Gasteiger partial charge in [-0.3, -0.25) is 9.59 Å². The van der Waals surface area contributed by atoms with Crippen molar-refractivity contribution in [3.05, 3.63) is 83.5 Å². The van der Waals surface area contributed by atoms with Gasteiger partial charge in [-0.15, -0.1) is 16.4 Å². The molecule has 10 heteroatoms. The Hall–Kier alpha value is -4.31. The number of nitrogens with two attached hydrogens (primary N) is 1. The lowest BCUT2D eigenvalue weighted by molar-refractivity contribution is -0.119. The van der Waals surface area contributed by atoms with E-state index in [0.29, 0.717) is 17.1 Å². The van der Waals surface area contributed by atoms with Crippen molar-refractivity contribution in [3.63, 3.8) is 0 Å². The lowest BCUT2D eigenvalue weighted by atomic mass is 10.2. The van der Waals surface area contributed by atoms with Crippen LogP contribution in [0.15, 0.2) is 72.1 Å². The molecule has 0 spiro atoms. The molecule has 0 unspecified atom stereocenters. The minimum absolute atomic E-state index is 0.157. The Morgan fingerprint density at radius 1 is 1.00 bits per heavy atom. The number of nitrogens with zero attached hydrogens (tertiary/aromatic N) is 3. The second kappa shape index (κ2) is 9.23. The van der Waals surface area contributed by atoms with E-state index in [9.17, 15) is 14.4 Å². The molecule has 0 aliphatic rings. The molecule has 0 aliphatic heterocycles. The summed E-state index contributed by atoms with van der Waals surface area (Å²) in [5, 5.41) is 8.75. The summed E-state index contributed by atoms with van der Waals surface area (Å²) in [6.07, 6.45) is 0. The van der Waals surface area contributed by atoms with E-state index in [4.69, 9.17) is 10.5 Å². The van der Waals surface area contributed by atoms with Crippen LogP contribution in [0.5, 0.6) is 0 Å². The van der Waals surface area contributed by atoms with Crippen molar-refractivity contribution in [1.29, 1.82) is 0 Å². The van der Waals surface area contributed by atoms with E-state index in [1.807, 2.05) is 47.8 Å². The number of hydrogen-bond acceptors (Lipinski definition) is 7. The number of carbonyl (C=O) groups is 3. The van der Waals surface area contributed by atoms with Crippen LogP contribution >= 0.6 is 11.3 Å². The summed E-state index contributed by atoms with van der Waals surface area (Å²) in [5.41, 5.74) is 6.67. The van der Waals surface area contributed by atoms with Crippen LogP contribution in [-0.4, -0.2) is 39.2 Å². The number of thiophene rings is 1. The number of rotatable bonds is 7. The summed E-state index contributed by atoms with van der Waals surface area (Å²) in [7, 11) is 0. The lowest BCUT2D eigenvalue weighted by Gasteiger charge is -2.06. The maximum atomic E-state index is 12.5. The number of aromatic nitrogens is 3. The van der Waals surface area contributed by atoms with Crippen LogP contribution in [0.3, 0.4) is 0 Å². The fraction of sp³-hybridized carbons (Fsp3) is 0.0455. The number of ether oxygens (including phenoxy) is 1. The number of esters is 1. The highest BCUT2D eigenvalue weighted by Crippen LogP contribution is 2.25. The quantitative estimate of drug-likeness (QED) is 0.419. The van der Waals surface area contributed by atoms with E-state index >= 15 is 0 Å². The third-order valence-electron chi connectivity index (χ3n) is 4.32. The Bertz CT molecular complexity index is 1250. The molecule has 32 heavy (non-hydrogen) atoms. The average molecular weight is 447 g/mol. The van der Waals surface area contributed by atoms with Crippen LogP contribution in [0, 0.1) is 0 Å². The van der Waals surface area contributed by atoms with Gasteiger partial charge in [0, 0.05) is 11.3 Å². The van der Waals surface area contributed by atoms with Gasteiger partial charge in [-0.1, -0.05) is 24.3 Å². The van der Waals surface area contributed by atoms with Crippen molar-refractivity contribution in [1.82, 2.24) is 14.8 Å². The van der Waals surface area contributed by atoms with Gasteiger partial charge in [-0.25, -0.2) is 9.48 Å². The second-order valence-electron chi connectivity index (χ2n) is 6.55. The molecule has 0 fully saturated rings. The zero-order valence-corrected chi connectivity index (χ0v) is 17.4. The first-order valence-corrected chi connectivity index (χ1v) is 10.3. The van der Waals surface area contributed by atoms with Gasteiger partial charge >= 0.3 is 5.97 Å². The van der Waals surface area contributed by atoms with E-state index in [-0.39, 0.29) is 5.82 Å². The Balaban J connectivity index is 1.45. The molecule has 2 amide bonds. The van der Waals surface area contributed by atoms with Gasteiger partial charge in [0.2, 0.25) is 5.91 Å². The summed E-state index contributed by atoms with van der Waals surface area (Å²) >= 11 is 1.46. The second-order valence-corrected chi connectivity index (χ2v) is 7.50. The van der Waals surface area contributed by atoms with E-state index in [1.54, 1.807) is 4.68 Å². The van der Waals surface area contributed by atoms with Crippen molar-refractivity contribution in [2.75, 3.05) is 11.9 Å². The first-order chi connectivity index (χ1) is 15.5. The summed E-state index contributed by atoms with van der Waals surface area (Å²) in [6.45, 7) is -0.523. The molecule has 0 atom stereocenters. The minimum atomic E-state index is -0.822. The topological polar surface area (TPSA) is 129 Å². The van der Waals surface area contributed by atoms with E-state index in [0.717, 1.165) is 10.6 Å². The van der Waals surface area contributed by atoms with Gasteiger partial charge in [0.25, 0.3) is 11.7 Å². The Labute approximate surface area is 186 Å². The highest BCUT2D eigenvalue weighted by molar-refractivity contribution is 7.13. The van der Waals surface area contributed by atoms with Crippen LogP contribution in [0.2, 0.25) is 0 Å². The van der Waals surface area contributed by atoms with Crippen molar-refractivity contribution >= 4 is 34.8 Å². The number of nitrogens with one attached hydrogen (secondary N) is 1. The molecule has 0 bridgehead atoms. The molecule has 2 aromatic carbocycles. The standard InChI is InChI=1S/C22H17N5O4S/c23-19(29)14-8-10-15(11-9-14)24-18(28)13-31-22(30)20-25-21(17-7-4-12-32-17)27(26-20)16-5-2-1-3-6-16/h1-12H,13H2,(H2,23,29)(H,24,28). The number of amides is 2. The molecule has 4 aromatic rings. The lowest BCUT2D eigenvalue weighted by Crippen LogP contribution is -2.21. The van der Waals surface area contributed by atoms with Crippen molar-refractivity contribution in [2.24, 2.45) is 5.73 Å².